The lowest BCUT2D eigenvalue weighted by Crippen LogP contribution is -1.97. The third-order valence-electron chi connectivity index (χ3n) is 3.14. The molecule has 0 aliphatic heterocycles. The van der Waals surface area contributed by atoms with Gasteiger partial charge < -0.3 is 4.42 Å². The second-order valence-electron chi connectivity index (χ2n) is 4.63. The molecule has 2 heterocycles. The van der Waals surface area contributed by atoms with Crippen LogP contribution in [0.1, 0.15) is 0 Å². The highest BCUT2D eigenvalue weighted by Crippen LogP contribution is 2.22. The van der Waals surface area contributed by atoms with Crippen molar-refractivity contribution in [1.82, 2.24) is 25.2 Å². The molecular formula is C16H11N5O. The molecule has 0 aliphatic carbocycles. The van der Waals surface area contributed by atoms with Crippen molar-refractivity contribution in [1.29, 1.82) is 0 Å². The lowest BCUT2D eigenvalue weighted by molar-refractivity contribution is 0.580. The maximum Gasteiger partial charge on any atom is 0.270 e. The van der Waals surface area contributed by atoms with Crippen molar-refractivity contribution in [3.63, 3.8) is 0 Å². The van der Waals surface area contributed by atoms with Crippen LogP contribution >= 0.6 is 0 Å². The Kier molecular flexibility index (Phi) is 2.97. The van der Waals surface area contributed by atoms with Crippen molar-refractivity contribution in [3.8, 4) is 28.7 Å². The Morgan fingerprint density at radius 2 is 1.45 bits per heavy atom. The molecule has 22 heavy (non-hydrogen) atoms. The van der Waals surface area contributed by atoms with Crippen molar-refractivity contribution < 1.29 is 4.42 Å². The van der Waals surface area contributed by atoms with Gasteiger partial charge in [0.25, 0.3) is 5.89 Å². The van der Waals surface area contributed by atoms with Crippen LogP contribution in [0.5, 0.6) is 0 Å². The maximum absolute atomic E-state index is 5.67. The highest BCUT2D eigenvalue weighted by atomic mass is 16.4. The number of nitrogens with zero attached hydrogens (tertiary/aromatic N) is 5. The zero-order valence-electron chi connectivity index (χ0n) is 11.5. The van der Waals surface area contributed by atoms with E-state index in [1.807, 2.05) is 60.7 Å². The molecule has 0 spiro atoms. The van der Waals surface area contributed by atoms with Crippen LogP contribution in [0.2, 0.25) is 0 Å². The number of rotatable bonds is 3. The molecule has 0 bridgehead atoms. The zero-order chi connectivity index (χ0) is 14.8. The second kappa shape index (κ2) is 5.25. The average molecular weight is 289 g/mol. The Morgan fingerprint density at radius 3 is 2.23 bits per heavy atom. The molecule has 0 atom stereocenters. The fourth-order valence-corrected chi connectivity index (χ4v) is 2.07. The van der Waals surface area contributed by atoms with E-state index in [9.17, 15) is 0 Å². The fraction of sp³-hybridized carbons (Fsp3) is 0. The number of hydrogen-bond acceptors (Lipinski definition) is 5. The summed E-state index contributed by atoms with van der Waals surface area (Å²) in [5, 5.41) is 16.7. The van der Waals surface area contributed by atoms with Crippen molar-refractivity contribution in [2.75, 3.05) is 0 Å². The summed E-state index contributed by atoms with van der Waals surface area (Å²) >= 11 is 0. The Balaban J connectivity index is 1.66. The lowest BCUT2D eigenvalue weighted by atomic mass is 10.2. The van der Waals surface area contributed by atoms with Crippen LogP contribution < -0.4 is 0 Å². The number of aromatic nitrogens is 5. The van der Waals surface area contributed by atoms with Gasteiger partial charge in [-0.05, 0) is 24.3 Å². The van der Waals surface area contributed by atoms with Crippen LogP contribution in [0.4, 0.5) is 0 Å². The van der Waals surface area contributed by atoms with Crippen molar-refractivity contribution in [3.05, 3.63) is 66.9 Å². The minimum atomic E-state index is 0.348. The molecule has 0 saturated carbocycles. The third kappa shape index (κ3) is 2.26. The van der Waals surface area contributed by atoms with Crippen LogP contribution in [-0.2, 0) is 0 Å². The molecule has 0 amide bonds. The Hall–Kier alpha value is -3.28. The summed E-state index contributed by atoms with van der Waals surface area (Å²) in [6.45, 7) is 0. The van der Waals surface area contributed by atoms with Gasteiger partial charge in [-0.3, -0.25) is 0 Å². The van der Waals surface area contributed by atoms with Crippen LogP contribution in [-0.4, -0.2) is 25.2 Å². The van der Waals surface area contributed by atoms with Gasteiger partial charge in [0.05, 0.1) is 11.9 Å². The highest BCUT2D eigenvalue weighted by molar-refractivity contribution is 5.54. The number of para-hydroxylation sites is 1. The minimum absolute atomic E-state index is 0.348. The molecule has 106 valence electrons. The predicted octanol–water partition coefficient (Wildman–Crippen LogP) is 2.98. The van der Waals surface area contributed by atoms with Gasteiger partial charge in [0.2, 0.25) is 5.89 Å². The van der Waals surface area contributed by atoms with Gasteiger partial charge in [-0.2, -0.15) is 9.90 Å². The third-order valence-corrected chi connectivity index (χ3v) is 3.14. The molecule has 0 radical (unpaired) electrons. The Labute approximate surface area is 126 Å². The lowest BCUT2D eigenvalue weighted by Gasteiger charge is -1.96. The fourth-order valence-electron chi connectivity index (χ4n) is 2.07. The summed E-state index contributed by atoms with van der Waals surface area (Å²) in [4.78, 5) is 1.53. The van der Waals surface area contributed by atoms with E-state index in [4.69, 9.17) is 4.42 Å². The summed E-state index contributed by atoms with van der Waals surface area (Å²) < 4.78 is 5.67. The van der Waals surface area contributed by atoms with E-state index >= 15 is 0 Å². The van der Waals surface area contributed by atoms with Crippen molar-refractivity contribution >= 4 is 0 Å². The van der Waals surface area contributed by atoms with Gasteiger partial charge in [0, 0.05) is 5.56 Å². The first kappa shape index (κ1) is 12.5. The maximum atomic E-state index is 5.67. The van der Waals surface area contributed by atoms with Crippen LogP contribution in [0, 0.1) is 0 Å². The van der Waals surface area contributed by atoms with Crippen molar-refractivity contribution in [2.24, 2.45) is 0 Å². The molecule has 4 aromatic rings. The van der Waals surface area contributed by atoms with Gasteiger partial charge in [-0.1, -0.05) is 36.4 Å². The predicted molar refractivity (Wildman–Crippen MR) is 80.1 cm³/mol. The van der Waals surface area contributed by atoms with Gasteiger partial charge in [0.1, 0.15) is 0 Å². The molecule has 2 aromatic carbocycles. The average Bonchev–Trinajstić information content (AvgIpc) is 3.26. The molecule has 2 aromatic heterocycles. The van der Waals surface area contributed by atoms with E-state index in [2.05, 4.69) is 20.4 Å². The summed E-state index contributed by atoms with van der Waals surface area (Å²) in [5.41, 5.74) is 2.28. The number of benzene rings is 2. The van der Waals surface area contributed by atoms with Crippen LogP contribution in [0.3, 0.4) is 0 Å². The first-order valence-electron chi connectivity index (χ1n) is 6.77. The summed E-state index contributed by atoms with van der Waals surface area (Å²) in [6, 6.07) is 19.3. The molecule has 0 unspecified atom stereocenters. The number of hydrogen-bond donors (Lipinski definition) is 0. The van der Waals surface area contributed by atoms with E-state index < -0.39 is 0 Å². The molecule has 0 N–H and O–H groups in total. The molecule has 0 fully saturated rings. The van der Waals surface area contributed by atoms with Gasteiger partial charge in [-0.15, -0.1) is 15.3 Å². The summed E-state index contributed by atoms with van der Waals surface area (Å²) in [7, 11) is 0. The monoisotopic (exact) mass is 289 g/mol. The standard InChI is InChI=1S/C16H11N5O/c1-3-7-12(8-4-1)15-18-19-16(22-15)14-11-17-21(20-14)13-9-5-2-6-10-13/h1-11H. The molecule has 6 heteroatoms. The highest BCUT2D eigenvalue weighted by Gasteiger charge is 2.13. The van der Waals surface area contributed by atoms with E-state index in [0.29, 0.717) is 17.5 Å². The summed E-state index contributed by atoms with van der Waals surface area (Å²) in [6.07, 6.45) is 1.61. The Morgan fingerprint density at radius 1 is 0.773 bits per heavy atom. The zero-order valence-corrected chi connectivity index (χ0v) is 11.5. The Bertz CT molecular complexity index is 807. The van der Waals surface area contributed by atoms with Gasteiger partial charge in [-0.25, -0.2) is 0 Å². The van der Waals surface area contributed by atoms with E-state index in [1.165, 1.54) is 4.80 Å². The normalized spacial score (nSPS) is 10.7. The molecule has 0 aliphatic rings. The summed E-state index contributed by atoms with van der Waals surface area (Å²) in [5.74, 6) is 0.811. The van der Waals surface area contributed by atoms with Crippen LogP contribution in [0.15, 0.2) is 71.3 Å². The minimum Gasteiger partial charge on any atom is -0.414 e. The second-order valence-corrected chi connectivity index (χ2v) is 4.63. The smallest absolute Gasteiger partial charge is 0.270 e. The van der Waals surface area contributed by atoms with Gasteiger partial charge in [0.15, 0.2) is 5.69 Å². The molecule has 4 rings (SSSR count). The quantitative estimate of drug-likeness (QED) is 0.580. The molecule has 6 nitrogen and oxygen atoms in total. The molecule has 0 saturated heterocycles. The SMILES string of the molecule is c1ccc(-c2nnc(-c3cnn(-c4ccccc4)n3)o2)cc1. The van der Waals surface area contributed by atoms with E-state index in [0.717, 1.165) is 11.3 Å². The molecular weight excluding hydrogens is 278 g/mol. The topological polar surface area (TPSA) is 69.6 Å². The first-order chi connectivity index (χ1) is 10.9. The first-order valence-corrected chi connectivity index (χ1v) is 6.77. The van der Waals surface area contributed by atoms with Crippen molar-refractivity contribution in [2.45, 2.75) is 0 Å². The van der Waals surface area contributed by atoms with Crippen LogP contribution in [0.25, 0.3) is 28.7 Å². The van der Waals surface area contributed by atoms with Gasteiger partial charge >= 0.3 is 0 Å². The van der Waals surface area contributed by atoms with E-state index in [1.54, 1.807) is 6.20 Å². The van der Waals surface area contributed by atoms with E-state index in [-0.39, 0.29) is 0 Å². The largest absolute Gasteiger partial charge is 0.414 e.